The molecule has 0 atom stereocenters. The maximum atomic E-state index is 12.6. The van der Waals surface area contributed by atoms with E-state index in [1.165, 1.54) is 24.6 Å². The first-order chi connectivity index (χ1) is 16.2. The van der Waals surface area contributed by atoms with Crippen molar-refractivity contribution in [2.45, 2.75) is 56.8 Å². The number of para-hydroxylation sites is 1. The summed E-state index contributed by atoms with van der Waals surface area (Å²) in [5.74, 6) is 1.83. The molecule has 0 radical (unpaired) electrons. The van der Waals surface area contributed by atoms with Crippen molar-refractivity contribution in [3.05, 3.63) is 66.7 Å². The summed E-state index contributed by atoms with van der Waals surface area (Å²) in [4.78, 5) is 12.6. The van der Waals surface area contributed by atoms with E-state index < -0.39 is 0 Å². The molecule has 1 aromatic heterocycles. The lowest BCUT2D eigenvalue weighted by molar-refractivity contribution is -0.113. The van der Waals surface area contributed by atoms with E-state index in [2.05, 4.69) is 29.0 Å². The Hall–Kier alpha value is -3.06. The number of anilines is 1. The van der Waals surface area contributed by atoms with Crippen LogP contribution < -0.4 is 10.1 Å². The highest BCUT2D eigenvalue weighted by Crippen LogP contribution is 2.28. The van der Waals surface area contributed by atoms with Gasteiger partial charge >= 0.3 is 0 Å². The van der Waals surface area contributed by atoms with Crippen molar-refractivity contribution in [3.63, 3.8) is 0 Å². The van der Waals surface area contributed by atoms with Gasteiger partial charge in [-0.25, -0.2) is 0 Å². The van der Waals surface area contributed by atoms with Crippen LogP contribution in [0.4, 0.5) is 5.69 Å². The molecular formula is C26H30N4O2S. The number of thioether (sulfide) groups is 1. The van der Waals surface area contributed by atoms with Crippen molar-refractivity contribution in [3.8, 4) is 17.1 Å². The predicted molar refractivity (Wildman–Crippen MR) is 134 cm³/mol. The molecule has 1 heterocycles. The molecule has 2 aromatic carbocycles. The molecule has 1 saturated carbocycles. The number of nitrogens with zero attached hydrogens (tertiary/aromatic N) is 3. The van der Waals surface area contributed by atoms with Crippen LogP contribution in [-0.2, 0) is 17.8 Å². The van der Waals surface area contributed by atoms with Crippen LogP contribution in [0.2, 0.25) is 0 Å². The molecule has 4 rings (SSSR count). The van der Waals surface area contributed by atoms with Gasteiger partial charge in [-0.05, 0) is 68.0 Å². The van der Waals surface area contributed by atoms with Gasteiger partial charge in [0.25, 0.3) is 0 Å². The average molecular weight is 463 g/mol. The largest absolute Gasteiger partial charge is 0.490 e. The van der Waals surface area contributed by atoms with Crippen LogP contribution in [0.25, 0.3) is 11.4 Å². The van der Waals surface area contributed by atoms with E-state index >= 15 is 0 Å². The van der Waals surface area contributed by atoms with Crippen molar-refractivity contribution >= 4 is 23.4 Å². The smallest absolute Gasteiger partial charge is 0.234 e. The second-order valence-corrected chi connectivity index (χ2v) is 9.04. The molecule has 0 saturated heterocycles. The molecule has 33 heavy (non-hydrogen) atoms. The van der Waals surface area contributed by atoms with E-state index in [1.54, 1.807) is 0 Å². The zero-order chi connectivity index (χ0) is 23.0. The minimum absolute atomic E-state index is 0.0657. The number of benzene rings is 2. The number of allylic oxidation sites excluding steroid dienone is 1. The minimum Gasteiger partial charge on any atom is -0.490 e. The Kier molecular flexibility index (Phi) is 7.83. The fourth-order valence-electron chi connectivity index (χ4n) is 4.05. The van der Waals surface area contributed by atoms with Crippen LogP contribution in [0.1, 0.15) is 38.2 Å². The number of carbonyl (C=O) groups is 1. The Labute approximate surface area is 199 Å². The summed E-state index contributed by atoms with van der Waals surface area (Å²) in [6, 6.07) is 15.9. The van der Waals surface area contributed by atoms with Crippen LogP contribution in [0.15, 0.2) is 66.3 Å². The quantitative estimate of drug-likeness (QED) is 0.307. The highest BCUT2D eigenvalue weighted by molar-refractivity contribution is 7.99. The number of hydrogen-bond donors (Lipinski definition) is 1. The molecule has 172 valence electrons. The molecule has 1 fully saturated rings. The standard InChI is InChI=1S/C26H30N4O2S/c1-3-17-30-25(20-13-15-22(16-14-20)32-21-10-6-7-11-21)28-29-26(30)33-18-24(31)27-23-12-8-5-9-19(23)4-2/h3,5,8-9,12-16,21H,1,4,6-7,10-11,17-18H2,2H3,(H,27,31). The maximum absolute atomic E-state index is 12.6. The lowest BCUT2D eigenvalue weighted by atomic mass is 10.1. The first-order valence-corrected chi connectivity index (χ1v) is 12.5. The number of ether oxygens (including phenoxy) is 1. The Morgan fingerprint density at radius 3 is 2.67 bits per heavy atom. The fourth-order valence-corrected chi connectivity index (χ4v) is 4.80. The van der Waals surface area contributed by atoms with Crippen LogP contribution in [0.3, 0.4) is 0 Å². The van der Waals surface area contributed by atoms with Crippen LogP contribution in [-0.4, -0.2) is 32.5 Å². The summed E-state index contributed by atoms with van der Waals surface area (Å²) in [6.45, 7) is 6.50. The Morgan fingerprint density at radius 2 is 1.94 bits per heavy atom. The van der Waals surface area contributed by atoms with Crippen LogP contribution in [0.5, 0.6) is 5.75 Å². The lowest BCUT2D eigenvalue weighted by Gasteiger charge is -2.13. The Balaban J connectivity index is 1.43. The Bertz CT molecular complexity index is 1090. The monoisotopic (exact) mass is 462 g/mol. The SMILES string of the molecule is C=CCn1c(SCC(=O)Nc2ccccc2CC)nnc1-c1ccc(OC2CCCC2)cc1. The van der Waals surface area contributed by atoms with E-state index in [9.17, 15) is 4.79 Å². The second-order valence-electron chi connectivity index (χ2n) is 8.10. The number of hydrogen-bond acceptors (Lipinski definition) is 5. The lowest BCUT2D eigenvalue weighted by Crippen LogP contribution is -2.15. The predicted octanol–water partition coefficient (Wildman–Crippen LogP) is 5.75. The van der Waals surface area contributed by atoms with Gasteiger partial charge in [-0.1, -0.05) is 43.0 Å². The van der Waals surface area contributed by atoms with Gasteiger partial charge in [-0.15, -0.1) is 16.8 Å². The van der Waals surface area contributed by atoms with Crippen molar-refractivity contribution in [1.29, 1.82) is 0 Å². The van der Waals surface area contributed by atoms with Crippen LogP contribution in [0, 0.1) is 0 Å². The van der Waals surface area contributed by atoms with E-state index in [-0.39, 0.29) is 11.7 Å². The van der Waals surface area contributed by atoms with Crippen molar-refractivity contribution < 1.29 is 9.53 Å². The van der Waals surface area contributed by atoms with Gasteiger partial charge in [0.15, 0.2) is 11.0 Å². The number of aromatic nitrogens is 3. The normalized spacial score (nSPS) is 13.7. The van der Waals surface area contributed by atoms with Gasteiger partial charge in [0.1, 0.15) is 5.75 Å². The third kappa shape index (κ3) is 5.85. The van der Waals surface area contributed by atoms with Gasteiger partial charge < -0.3 is 10.1 Å². The number of carbonyl (C=O) groups excluding carboxylic acids is 1. The number of aryl methyl sites for hydroxylation is 1. The number of nitrogens with one attached hydrogen (secondary N) is 1. The summed E-state index contributed by atoms with van der Waals surface area (Å²) in [6.07, 6.45) is 7.77. The maximum Gasteiger partial charge on any atom is 0.234 e. The van der Waals surface area contributed by atoms with Gasteiger partial charge in [-0.2, -0.15) is 0 Å². The minimum atomic E-state index is -0.0657. The molecule has 1 amide bonds. The second kappa shape index (κ2) is 11.2. The number of rotatable bonds is 10. The zero-order valence-electron chi connectivity index (χ0n) is 19.0. The van der Waals surface area contributed by atoms with Crippen molar-refractivity contribution in [2.24, 2.45) is 0 Å². The van der Waals surface area contributed by atoms with Gasteiger partial charge in [0, 0.05) is 17.8 Å². The van der Waals surface area contributed by atoms with Gasteiger partial charge in [-0.3, -0.25) is 9.36 Å². The first-order valence-electron chi connectivity index (χ1n) is 11.5. The molecule has 0 unspecified atom stereocenters. The van der Waals surface area contributed by atoms with Crippen LogP contribution >= 0.6 is 11.8 Å². The average Bonchev–Trinajstić information content (AvgIpc) is 3.49. The molecule has 1 aliphatic rings. The van der Waals surface area contributed by atoms with E-state index in [1.807, 2.05) is 59.2 Å². The summed E-state index contributed by atoms with van der Waals surface area (Å²) in [7, 11) is 0. The van der Waals surface area contributed by atoms with Crippen molar-refractivity contribution in [1.82, 2.24) is 14.8 Å². The summed E-state index contributed by atoms with van der Waals surface area (Å²) < 4.78 is 8.06. The third-order valence-corrected chi connectivity index (χ3v) is 6.72. The molecule has 0 spiro atoms. The summed E-state index contributed by atoms with van der Waals surface area (Å²) in [5.41, 5.74) is 2.93. The highest BCUT2D eigenvalue weighted by Gasteiger charge is 2.18. The first kappa shape index (κ1) is 23.1. The molecular weight excluding hydrogens is 432 g/mol. The summed E-state index contributed by atoms with van der Waals surface area (Å²) in [5, 5.41) is 12.4. The van der Waals surface area contributed by atoms with Gasteiger partial charge in [0.05, 0.1) is 11.9 Å². The molecule has 7 heteroatoms. The molecule has 6 nitrogen and oxygen atoms in total. The van der Waals surface area contributed by atoms with E-state index in [0.29, 0.717) is 17.8 Å². The van der Waals surface area contributed by atoms with E-state index in [0.717, 1.165) is 47.7 Å². The number of amides is 1. The molecule has 1 N–H and O–H groups in total. The third-order valence-electron chi connectivity index (χ3n) is 5.75. The molecule has 1 aliphatic carbocycles. The zero-order valence-corrected chi connectivity index (χ0v) is 19.8. The molecule has 0 aliphatic heterocycles. The highest BCUT2D eigenvalue weighted by atomic mass is 32.2. The fraction of sp³-hybridized carbons (Fsp3) is 0.346. The summed E-state index contributed by atoms with van der Waals surface area (Å²) >= 11 is 1.37. The Morgan fingerprint density at radius 1 is 1.18 bits per heavy atom. The van der Waals surface area contributed by atoms with E-state index in [4.69, 9.17) is 4.74 Å². The topological polar surface area (TPSA) is 69.0 Å². The molecule has 3 aromatic rings. The van der Waals surface area contributed by atoms with Crippen molar-refractivity contribution in [2.75, 3.05) is 11.1 Å². The molecule has 0 bridgehead atoms. The van der Waals surface area contributed by atoms with Gasteiger partial charge in [0.2, 0.25) is 5.91 Å².